The second-order valence-corrected chi connectivity index (χ2v) is 4.63. The molecule has 1 aliphatic carbocycles. The molecule has 0 bridgehead atoms. The molecule has 2 atom stereocenters. The molecule has 0 radical (unpaired) electrons. The van der Waals surface area contributed by atoms with Crippen LogP contribution in [0.1, 0.15) is 6.42 Å². The van der Waals surface area contributed by atoms with E-state index in [0.29, 0.717) is 24.9 Å². The van der Waals surface area contributed by atoms with Crippen molar-refractivity contribution in [2.24, 2.45) is 11.8 Å². The molecule has 0 saturated carbocycles. The van der Waals surface area contributed by atoms with Crippen molar-refractivity contribution in [2.45, 2.75) is 6.42 Å². The van der Waals surface area contributed by atoms with Gasteiger partial charge in [0.25, 0.3) is 0 Å². The largest absolute Gasteiger partial charge is 0.465 e. The lowest BCUT2D eigenvalue weighted by atomic mass is 9.80. The SMILES string of the molecule is O=C(O)N1CC=C2C=C3NNCC3CC2C1. The van der Waals surface area contributed by atoms with E-state index in [4.69, 9.17) is 5.11 Å². The summed E-state index contributed by atoms with van der Waals surface area (Å²) in [7, 11) is 0. The quantitative estimate of drug-likeness (QED) is 0.558. The number of amides is 1. The van der Waals surface area contributed by atoms with Crippen molar-refractivity contribution >= 4 is 6.09 Å². The van der Waals surface area contributed by atoms with Crippen molar-refractivity contribution in [1.29, 1.82) is 0 Å². The van der Waals surface area contributed by atoms with Gasteiger partial charge in [0.15, 0.2) is 0 Å². The summed E-state index contributed by atoms with van der Waals surface area (Å²) >= 11 is 0. The zero-order chi connectivity index (χ0) is 11.1. The van der Waals surface area contributed by atoms with Gasteiger partial charge in [-0.3, -0.25) is 0 Å². The van der Waals surface area contributed by atoms with E-state index in [9.17, 15) is 4.79 Å². The maximum Gasteiger partial charge on any atom is 0.407 e. The molecule has 1 amide bonds. The summed E-state index contributed by atoms with van der Waals surface area (Å²) in [4.78, 5) is 12.4. The van der Waals surface area contributed by atoms with E-state index >= 15 is 0 Å². The first-order valence-corrected chi connectivity index (χ1v) is 5.62. The van der Waals surface area contributed by atoms with Crippen LogP contribution < -0.4 is 10.9 Å². The van der Waals surface area contributed by atoms with Gasteiger partial charge in [-0.25, -0.2) is 10.2 Å². The monoisotopic (exact) mass is 221 g/mol. The Morgan fingerprint density at radius 3 is 3.19 bits per heavy atom. The Kier molecular flexibility index (Phi) is 2.14. The van der Waals surface area contributed by atoms with Crippen LogP contribution in [0.4, 0.5) is 4.79 Å². The summed E-state index contributed by atoms with van der Waals surface area (Å²) in [5.41, 5.74) is 8.85. The topological polar surface area (TPSA) is 64.6 Å². The zero-order valence-corrected chi connectivity index (χ0v) is 8.94. The first-order chi connectivity index (χ1) is 7.74. The average Bonchev–Trinajstić information content (AvgIpc) is 2.71. The number of nitrogens with one attached hydrogen (secondary N) is 2. The van der Waals surface area contributed by atoms with Crippen LogP contribution in [0.2, 0.25) is 0 Å². The molecule has 0 aromatic rings. The highest BCUT2D eigenvalue weighted by molar-refractivity contribution is 5.65. The second kappa shape index (κ2) is 3.52. The number of nitrogens with zero attached hydrogens (tertiary/aromatic N) is 1. The predicted molar refractivity (Wildman–Crippen MR) is 58.5 cm³/mol. The van der Waals surface area contributed by atoms with Crippen LogP contribution in [0.15, 0.2) is 23.4 Å². The van der Waals surface area contributed by atoms with Gasteiger partial charge in [-0.15, -0.1) is 0 Å². The summed E-state index contributed by atoms with van der Waals surface area (Å²) in [5.74, 6) is 0.899. The van der Waals surface area contributed by atoms with Crippen molar-refractivity contribution in [2.75, 3.05) is 19.6 Å². The molecule has 2 heterocycles. The van der Waals surface area contributed by atoms with E-state index in [1.807, 2.05) is 6.08 Å². The highest BCUT2D eigenvalue weighted by Gasteiger charge is 2.33. The van der Waals surface area contributed by atoms with Crippen LogP contribution in [0.5, 0.6) is 0 Å². The van der Waals surface area contributed by atoms with Crippen LogP contribution in [0.3, 0.4) is 0 Å². The Balaban J connectivity index is 1.84. The first kappa shape index (κ1) is 9.72. The van der Waals surface area contributed by atoms with Crippen molar-refractivity contribution < 1.29 is 9.90 Å². The van der Waals surface area contributed by atoms with Gasteiger partial charge < -0.3 is 15.4 Å². The number of hydrogen-bond acceptors (Lipinski definition) is 3. The minimum absolute atomic E-state index is 0.375. The summed E-state index contributed by atoms with van der Waals surface area (Å²) < 4.78 is 0. The number of allylic oxidation sites excluding steroid dienone is 1. The minimum atomic E-state index is -0.812. The molecule has 2 aliphatic heterocycles. The lowest BCUT2D eigenvalue weighted by Gasteiger charge is -2.34. The molecule has 0 spiro atoms. The van der Waals surface area contributed by atoms with E-state index in [0.717, 1.165) is 13.0 Å². The van der Waals surface area contributed by atoms with E-state index in [2.05, 4.69) is 16.9 Å². The van der Waals surface area contributed by atoms with E-state index in [1.165, 1.54) is 16.2 Å². The van der Waals surface area contributed by atoms with E-state index in [1.54, 1.807) is 0 Å². The Morgan fingerprint density at radius 2 is 2.38 bits per heavy atom. The van der Waals surface area contributed by atoms with E-state index < -0.39 is 6.09 Å². The van der Waals surface area contributed by atoms with Gasteiger partial charge in [0.1, 0.15) is 0 Å². The Morgan fingerprint density at radius 1 is 1.50 bits per heavy atom. The van der Waals surface area contributed by atoms with Gasteiger partial charge >= 0.3 is 6.09 Å². The van der Waals surface area contributed by atoms with Gasteiger partial charge in [-0.05, 0) is 18.1 Å². The molecule has 1 fully saturated rings. The van der Waals surface area contributed by atoms with Gasteiger partial charge in [-0.2, -0.15) is 0 Å². The Bertz CT molecular complexity index is 387. The summed E-state index contributed by atoms with van der Waals surface area (Å²) in [6.07, 6.45) is 4.44. The molecular weight excluding hydrogens is 206 g/mol. The van der Waals surface area contributed by atoms with Crippen molar-refractivity contribution in [3.8, 4) is 0 Å². The first-order valence-electron chi connectivity index (χ1n) is 5.62. The number of carboxylic acid groups (broad SMARTS) is 1. The van der Waals surface area contributed by atoms with Crippen LogP contribution in [-0.4, -0.2) is 35.7 Å². The third-order valence-electron chi connectivity index (χ3n) is 3.64. The molecule has 5 heteroatoms. The van der Waals surface area contributed by atoms with Crippen LogP contribution in [0, 0.1) is 11.8 Å². The molecule has 0 aromatic carbocycles. The van der Waals surface area contributed by atoms with Crippen molar-refractivity contribution in [1.82, 2.24) is 15.8 Å². The molecule has 2 unspecified atom stereocenters. The predicted octanol–water partition coefficient (Wildman–Crippen LogP) is 0.534. The lowest BCUT2D eigenvalue weighted by Crippen LogP contribution is -2.40. The average molecular weight is 221 g/mol. The van der Waals surface area contributed by atoms with Crippen LogP contribution in [-0.2, 0) is 0 Å². The molecular formula is C11H15N3O2. The minimum Gasteiger partial charge on any atom is -0.465 e. The molecule has 1 saturated heterocycles. The van der Waals surface area contributed by atoms with Gasteiger partial charge in [-0.1, -0.05) is 6.08 Å². The number of hydrogen-bond donors (Lipinski definition) is 3. The van der Waals surface area contributed by atoms with E-state index in [-0.39, 0.29) is 0 Å². The van der Waals surface area contributed by atoms with Gasteiger partial charge in [0.2, 0.25) is 0 Å². The van der Waals surface area contributed by atoms with Crippen molar-refractivity contribution in [3.63, 3.8) is 0 Å². The smallest absolute Gasteiger partial charge is 0.407 e. The zero-order valence-electron chi connectivity index (χ0n) is 8.94. The fourth-order valence-electron chi connectivity index (χ4n) is 2.75. The third-order valence-corrected chi connectivity index (χ3v) is 3.64. The Labute approximate surface area is 93.8 Å². The molecule has 3 aliphatic rings. The number of carbonyl (C=O) groups is 1. The fraction of sp³-hybridized carbons (Fsp3) is 0.545. The number of fused-ring (bicyclic) bond motifs is 2. The number of rotatable bonds is 0. The maximum atomic E-state index is 10.9. The summed E-state index contributed by atoms with van der Waals surface area (Å²) in [6.45, 7) is 2.10. The molecule has 3 rings (SSSR count). The van der Waals surface area contributed by atoms with Crippen molar-refractivity contribution in [3.05, 3.63) is 23.4 Å². The van der Waals surface area contributed by atoms with Gasteiger partial charge in [0, 0.05) is 37.2 Å². The molecule has 16 heavy (non-hydrogen) atoms. The molecule has 86 valence electrons. The standard InChI is InChI=1S/C11H15N3O2/c15-11(16)14-2-1-7-4-10-8(5-12-13-10)3-9(7)6-14/h1,4,8-9,12-13H,2-3,5-6H2,(H,15,16). The fourth-order valence-corrected chi connectivity index (χ4v) is 2.75. The maximum absolute atomic E-state index is 10.9. The van der Waals surface area contributed by atoms with Gasteiger partial charge in [0.05, 0.1) is 0 Å². The Hall–Kier alpha value is -1.49. The molecule has 5 nitrogen and oxygen atoms in total. The lowest BCUT2D eigenvalue weighted by molar-refractivity contribution is 0.139. The number of hydrazine groups is 1. The summed E-state index contributed by atoms with van der Waals surface area (Å²) in [5, 5.41) is 8.97. The molecule has 0 aromatic heterocycles. The third kappa shape index (κ3) is 1.48. The highest BCUT2D eigenvalue weighted by atomic mass is 16.4. The molecule has 3 N–H and O–H groups in total. The van der Waals surface area contributed by atoms with Crippen LogP contribution >= 0.6 is 0 Å². The summed E-state index contributed by atoms with van der Waals surface area (Å²) in [6, 6.07) is 0. The van der Waals surface area contributed by atoms with Crippen LogP contribution in [0.25, 0.3) is 0 Å². The highest BCUT2D eigenvalue weighted by Crippen LogP contribution is 2.35. The normalized spacial score (nSPS) is 32.1. The second-order valence-electron chi connectivity index (χ2n) is 4.63.